The topological polar surface area (TPSA) is 64.6 Å². The van der Waals surface area contributed by atoms with Crippen LogP contribution in [0.3, 0.4) is 0 Å². The summed E-state index contributed by atoms with van der Waals surface area (Å²) in [5.74, 6) is 1.77. The van der Waals surface area contributed by atoms with E-state index in [1.165, 1.54) is 5.56 Å². The smallest absolute Gasteiger partial charge is 0.347 e. The molecule has 23 heavy (non-hydrogen) atoms. The second-order valence-electron chi connectivity index (χ2n) is 6.12. The first kappa shape index (κ1) is 18.6. The predicted octanol–water partition coefficient (Wildman–Crippen LogP) is 2.04. The third-order valence-electron chi connectivity index (χ3n) is 3.10. The lowest BCUT2D eigenvalue weighted by Gasteiger charge is -2.20. The highest BCUT2D eigenvalue weighted by molar-refractivity contribution is 5.82. The summed E-state index contributed by atoms with van der Waals surface area (Å²) >= 11 is 0. The summed E-state index contributed by atoms with van der Waals surface area (Å²) in [6.07, 6.45) is 4.20. The van der Waals surface area contributed by atoms with Gasteiger partial charge in [0.25, 0.3) is 5.91 Å². The minimum Gasteiger partial charge on any atom is -0.479 e. The van der Waals surface area contributed by atoms with Crippen molar-refractivity contribution >= 4 is 11.9 Å². The van der Waals surface area contributed by atoms with E-state index in [0.717, 1.165) is 0 Å². The third-order valence-corrected chi connectivity index (χ3v) is 3.10. The normalized spacial score (nSPS) is 12.0. The van der Waals surface area contributed by atoms with E-state index in [9.17, 15) is 9.59 Å². The lowest BCUT2D eigenvalue weighted by atomic mass is 9.87. The molecule has 0 heterocycles. The van der Waals surface area contributed by atoms with Crippen molar-refractivity contribution < 1.29 is 19.1 Å². The van der Waals surface area contributed by atoms with Gasteiger partial charge in [-0.2, -0.15) is 0 Å². The van der Waals surface area contributed by atoms with Crippen molar-refractivity contribution in [1.29, 1.82) is 0 Å². The number of carbonyl (C=O) groups is 2. The molecular weight excluding hydrogens is 294 g/mol. The van der Waals surface area contributed by atoms with E-state index < -0.39 is 18.0 Å². The first-order chi connectivity index (χ1) is 10.7. The Morgan fingerprint density at radius 3 is 2.39 bits per heavy atom. The highest BCUT2D eigenvalue weighted by Gasteiger charge is 2.18. The summed E-state index contributed by atoms with van der Waals surface area (Å²) < 4.78 is 10.4. The van der Waals surface area contributed by atoms with Crippen LogP contribution in [0.1, 0.15) is 33.3 Å². The van der Waals surface area contributed by atoms with Crippen LogP contribution in [-0.2, 0) is 19.7 Å². The van der Waals surface area contributed by atoms with Crippen molar-refractivity contribution in [3.05, 3.63) is 29.8 Å². The highest BCUT2D eigenvalue weighted by atomic mass is 16.6. The molecule has 1 aromatic rings. The summed E-state index contributed by atoms with van der Waals surface area (Å²) in [7, 11) is 0. The van der Waals surface area contributed by atoms with Crippen LogP contribution in [-0.4, -0.2) is 31.1 Å². The summed E-state index contributed by atoms with van der Waals surface area (Å²) in [6.45, 7) is 7.65. The van der Waals surface area contributed by atoms with E-state index >= 15 is 0 Å². The lowest BCUT2D eigenvalue weighted by molar-refractivity contribution is -0.154. The second-order valence-corrected chi connectivity index (χ2v) is 6.12. The van der Waals surface area contributed by atoms with E-state index in [2.05, 4.69) is 32.0 Å². The van der Waals surface area contributed by atoms with Crippen LogP contribution in [0.5, 0.6) is 5.75 Å². The molecule has 0 aromatic heterocycles. The number of nitrogens with one attached hydrogen (secondary N) is 1. The van der Waals surface area contributed by atoms with Gasteiger partial charge in [0.15, 0.2) is 12.7 Å². The fourth-order valence-electron chi connectivity index (χ4n) is 1.74. The maximum absolute atomic E-state index is 11.8. The van der Waals surface area contributed by atoms with Gasteiger partial charge in [-0.25, -0.2) is 4.79 Å². The minimum absolute atomic E-state index is 0.0504. The Labute approximate surface area is 137 Å². The van der Waals surface area contributed by atoms with E-state index in [4.69, 9.17) is 15.9 Å². The van der Waals surface area contributed by atoms with E-state index in [0.29, 0.717) is 5.75 Å². The van der Waals surface area contributed by atoms with Crippen LogP contribution >= 0.6 is 0 Å². The number of ether oxygens (including phenoxy) is 2. The van der Waals surface area contributed by atoms with Gasteiger partial charge in [0, 0.05) is 0 Å². The molecule has 5 heteroatoms. The minimum atomic E-state index is -0.809. The second kappa shape index (κ2) is 8.23. The van der Waals surface area contributed by atoms with Crippen LogP contribution in [0.2, 0.25) is 0 Å². The molecule has 0 radical (unpaired) electrons. The van der Waals surface area contributed by atoms with E-state index in [1.807, 2.05) is 24.3 Å². The maximum Gasteiger partial charge on any atom is 0.347 e. The van der Waals surface area contributed by atoms with Crippen molar-refractivity contribution in [3.8, 4) is 18.1 Å². The number of hydrogen-bond donors (Lipinski definition) is 1. The van der Waals surface area contributed by atoms with E-state index in [-0.39, 0.29) is 18.6 Å². The molecule has 0 unspecified atom stereocenters. The zero-order chi connectivity index (χ0) is 17.5. The highest BCUT2D eigenvalue weighted by Crippen LogP contribution is 2.24. The Kier molecular flexibility index (Phi) is 6.65. The number of amides is 1. The van der Waals surface area contributed by atoms with Crippen molar-refractivity contribution in [3.63, 3.8) is 0 Å². The lowest BCUT2D eigenvalue weighted by Crippen LogP contribution is -2.33. The average Bonchev–Trinajstić information content (AvgIpc) is 2.50. The summed E-state index contributed by atoms with van der Waals surface area (Å²) in [5.41, 5.74) is 1.22. The van der Waals surface area contributed by atoms with Crippen LogP contribution < -0.4 is 10.1 Å². The molecule has 0 aliphatic carbocycles. The van der Waals surface area contributed by atoms with Crippen LogP contribution in [0.25, 0.3) is 0 Å². The molecule has 0 aliphatic heterocycles. The number of carbonyl (C=O) groups excluding carboxylic acids is 2. The third kappa shape index (κ3) is 6.43. The Morgan fingerprint density at radius 2 is 1.87 bits per heavy atom. The standard InChI is InChI=1S/C18H23NO4/c1-6-11-19-16(20)12-22-17(21)13(2)23-15-9-7-14(8-10-15)18(3,4)5/h1,7-10,13H,11-12H2,2-5H3,(H,19,20)/t13-/m0/s1. The Bertz CT molecular complexity index is 579. The number of benzene rings is 1. The molecule has 0 bridgehead atoms. The Balaban J connectivity index is 2.49. The molecule has 0 aliphatic rings. The van der Waals surface area contributed by atoms with Crippen LogP contribution in [0, 0.1) is 12.3 Å². The largest absolute Gasteiger partial charge is 0.479 e. The maximum atomic E-state index is 11.8. The van der Waals surface area contributed by atoms with Gasteiger partial charge >= 0.3 is 5.97 Å². The SMILES string of the molecule is C#CCNC(=O)COC(=O)[C@H](C)Oc1ccc(C(C)(C)C)cc1. The molecule has 0 saturated carbocycles. The monoisotopic (exact) mass is 317 g/mol. The van der Waals surface area contributed by atoms with Crippen molar-refractivity contribution in [2.24, 2.45) is 0 Å². The molecule has 1 aromatic carbocycles. The van der Waals surface area contributed by atoms with Gasteiger partial charge in [0.2, 0.25) is 0 Å². The van der Waals surface area contributed by atoms with Gasteiger partial charge in [-0.05, 0) is 30.0 Å². The van der Waals surface area contributed by atoms with Crippen molar-refractivity contribution in [1.82, 2.24) is 5.32 Å². The molecule has 0 spiro atoms. The van der Waals surface area contributed by atoms with Crippen LogP contribution in [0.15, 0.2) is 24.3 Å². The van der Waals surface area contributed by atoms with Gasteiger partial charge in [-0.3, -0.25) is 4.79 Å². The summed E-state index contributed by atoms with van der Waals surface area (Å²) in [5, 5.41) is 2.40. The number of hydrogen-bond acceptors (Lipinski definition) is 4. The van der Waals surface area contributed by atoms with Gasteiger partial charge in [-0.15, -0.1) is 6.42 Å². The Morgan fingerprint density at radius 1 is 1.26 bits per heavy atom. The molecule has 1 rings (SSSR count). The molecule has 1 atom stereocenters. The van der Waals surface area contributed by atoms with Crippen molar-refractivity contribution in [2.45, 2.75) is 39.2 Å². The van der Waals surface area contributed by atoms with E-state index in [1.54, 1.807) is 6.92 Å². The van der Waals surface area contributed by atoms with Crippen molar-refractivity contribution in [2.75, 3.05) is 13.2 Å². The quantitative estimate of drug-likeness (QED) is 0.644. The fraction of sp³-hybridized carbons (Fsp3) is 0.444. The molecule has 5 nitrogen and oxygen atoms in total. The van der Waals surface area contributed by atoms with Gasteiger partial charge < -0.3 is 14.8 Å². The van der Waals surface area contributed by atoms with Gasteiger partial charge in [-0.1, -0.05) is 38.8 Å². The number of esters is 1. The zero-order valence-electron chi connectivity index (χ0n) is 14.0. The van der Waals surface area contributed by atoms with Gasteiger partial charge in [0.1, 0.15) is 5.75 Å². The number of terminal acetylenes is 1. The predicted molar refractivity (Wildman–Crippen MR) is 88.0 cm³/mol. The molecule has 0 fully saturated rings. The van der Waals surface area contributed by atoms with Crippen LogP contribution in [0.4, 0.5) is 0 Å². The zero-order valence-corrected chi connectivity index (χ0v) is 14.0. The fourth-order valence-corrected chi connectivity index (χ4v) is 1.74. The first-order valence-electron chi connectivity index (χ1n) is 7.38. The average molecular weight is 317 g/mol. The van der Waals surface area contributed by atoms with Gasteiger partial charge in [0.05, 0.1) is 6.54 Å². The molecule has 1 amide bonds. The summed E-state index contributed by atoms with van der Waals surface area (Å²) in [6, 6.07) is 7.54. The molecule has 1 N–H and O–H groups in total. The molecule has 0 saturated heterocycles. The Hall–Kier alpha value is -2.48. The molecule has 124 valence electrons. The summed E-state index contributed by atoms with van der Waals surface area (Å²) in [4.78, 5) is 23.1. The first-order valence-corrected chi connectivity index (χ1v) is 7.38. The molecular formula is C18H23NO4. The number of rotatable bonds is 6.